The highest BCUT2D eigenvalue weighted by Gasteiger charge is 2.29. The molecule has 3 amide bonds. The first-order chi connectivity index (χ1) is 11.0. The third-order valence-electron chi connectivity index (χ3n) is 3.19. The van der Waals surface area contributed by atoms with Crippen LogP contribution in [0.5, 0.6) is 0 Å². The Labute approximate surface area is 135 Å². The van der Waals surface area contributed by atoms with Crippen LogP contribution in [0.4, 0.5) is 13.2 Å². The average Bonchev–Trinajstić information content (AvgIpc) is 2.90. The molecule has 0 fully saturated rings. The predicted molar refractivity (Wildman–Crippen MR) is 76.7 cm³/mol. The van der Waals surface area contributed by atoms with E-state index in [0.29, 0.717) is 11.1 Å². The summed E-state index contributed by atoms with van der Waals surface area (Å²) in [5, 5.41) is 5.72. The highest BCUT2D eigenvalue weighted by Crippen LogP contribution is 2.16. The number of carbonyl (C=O) groups is 3. The van der Waals surface area contributed by atoms with E-state index in [2.05, 4.69) is 10.4 Å². The highest BCUT2D eigenvalue weighted by atomic mass is 19.4. The lowest BCUT2D eigenvalue weighted by Gasteiger charge is -2.24. The molecule has 0 aliphatic heterocycles. The number of rotatable bonds is 7. The maximum atomic E-state index is 12.2. The van der Waals surface area contributed by atoms with E-state index in [1.54, 1.807) is 6.92 Å². The number of nitrogens with zero attached hydrogens (tertiary/aromatic N) is 3. The molecule has 0 aliphatic rings. The molecule has 0 aromatic carbocycles. The number of carbonyl (C=O) groups excluding carboxylic acids is 3. The van der Waals surface area contributed by atoms with E-state index < -0.39 is 43.0 Å². The molecule has 0 saturated carbocycles. The fourth-order valence-corrected chi connectivity index (χ4v) is 1.97. The van der Waals surface area contributed by atoms with Crippen molar-refractivity contribution < 1.29 is 27.6 Å². The van der Waals surface area contributed by atoms with Gasteiger partial charge in [-0.05, 0) is 12.5 Å². The van der Waals surface area contributed by atoms with Gasteiger partial charge in [-0.3, -0.25) is 19.1 Å². The lowest BCUT2D eigenvalue weighted by molar-refractivity contribution is -0.142. The maximum absolute atomic E-state index is 12.2. The SMILES string of the molecule is CCC(C(N)=O)N(C)C(=O)CNC(=O)c1ccn(CC(F)(F)F)n1. The molecule has 1 aromatic rings. The Kier molecular flexibility index (Phi) is 6.32. The zero-order chi connectivity index (χ0) is 18.5. The molecule has 134 valence electrons. The van der Waals surface area contributed by atoms with Gasteiger partial charge in [0.1, 0.15) is 18.3 Å². The van der Waals surface area contributed by atoms with Gasteiger partial charge in [-0.2, -0.15) is 18.3 Å². The topological polar surface area (TPSA) is 110 Å². The summed E-state index contributed by atoms with van der Waals surface area (Å²) in [7, 11) is 1.37. The molecule has 1 aromatic heterocycles. The number of nitrogens with two attached hydrogens (primary N) is 1. The number of aromatic nitrogens is 2. The van der Waals surface area contributed by atoms with Gasteiger partial charge in [0.25, 0.3) is 5.91 Å². The highest BCUT2D eigenvalue weighted by molar-refractivity contribution is 5.95. The molecule has 24 heavy (non-hydrogen) atoms. The summed E-state index contributed by atoms with van der Waals surface area (Å²) in [6.07, 6.45) is -3.13. The van der Waals surface area contributed by atoms with E-state index in [9.17, 15) is 27.6 Å². The minimum atomic E-state index is -4.46. The molecular formula is C13H18F3N5O3. The quantitative estimate of drug-likeness (QED) is 0.716. The molecule has 0 aliphatic carbocycles. The first-order valence-electron chi connectivity index (χ1n) is 6.98. The number of nitrogens with one attached hydrogen (secondary N) is 1. The van der Waals surface area contributed by atoms with Crippen molar-refractivity contribution in [3.63, 3.8) is 0 Å². The second-order valence-corrected chi connectivity index (χ2v) is 5.03. The Bertz CT molecular complexity index is 614. The van der Waals surface area contributed by atoms with Crippen LogP contribution in [0, 0.1) is 0 Å². The van der Waals surface area contributed by atoms with Gasteiger partial charge in [-0.25, -0.2) is 0 Å². The molecule has 3 N–H and O–H groups in total. The van der Waals surface area contributed by atoms with E-state index in [1.165, 1.54) is 7.05 Å². The van der Waals surface area contributed by atoms with Gasteiger partial charge in [0.2, 0.25) is 11.8 Å². The first-order valence-corrected chi connectivity index (χ1v) is 6.98. The third-order valence-corrected chi connectivity index (χ3v) is 3.19. The van der Waals surface area contributed by atoms with Crippen LogP contribution < -0.4 is 11.1 Å². The van der Waals surface area contributed by atoms with Gasteiger partial charge in [0.15, 0.2) is 0 Å². The van der Waals surface area contributed by atoms with E-state index >= 15 is 0 Å². The van der Waals surface area contributed by atoms with Crippen LogP contribution >= 0.6 is 0 Å². The van der Waals surface area contributed by atoms with Crippen LogP contribution in [0.1, 0.15) is 23.8 Å². The van der Waals surface area contributed by atoms with Gasteiger partial charge in [0, 0.05) is 13.2 Å². The number of amides is 3. The van der Waals surface area contributed by atoms with E-state index in [-0.39, 0.29) is 5.69 Å². The summed E-state index contributed by atoms with van der Waals surface area (Å²) in [5.74, 6) is -2.04. The zero-order valence-corrected chi connectivity index (χ0v) is 13.1. The van der Waals surface area contributed by atoms with E-state index in [4.69, 9.17) is 5.73 Å². The minimum Gasteiger partial charge on any atom is -0.368 e. The molecule has 1 atom stereocenters. The summed E-state index contributed by atoms with van der Waals surface area (Å²) in [4.78, 5) is 36.0. The van der Waals surface area contributed by atoms with Crippen molar-refractivity contribution in [2.24, 2.45) is 5.73 Å². The van der Waals surface area contributed by atoms with Gasteiger partial charge in [0.05, 0.1) is 6.54 Å². The van der Waals surface area contributed by atoms with Crippen LogP contribution in [0.25, 0.3) is 0 Å². The molecule has 11 heteroatoms. The smallest absolute Gasteiger partial charge is 0.368 e. The van der Waals surface area contributed by atoms with Crippen molar-refractivity contribution in [1.82, 2.24) is 20.0 Å². The molecule has 1 heterocycles. The van der Waals surface area contributed by atoms with Crippen LogP contribution in [0.3, 0.4) is 0 Å². The molecule has 0 radical (unpaired) electrons. The molecule has 1 rings (SSSR count). The largest absolute Gasteiger partial charge is 0.408 e. The summed E-state index contributed by atoms with van der Waals surface area (Å²) >= 11 is 0. The second kappa shape index (κ2) is 7.79. The van der Waals surface area contributed by atoms with E-state index in [0.717, 1.165) is 17.2 Å². The second-order valence-electron chi connectivity index (χ2n) is 5.03. The van der Waals surface area contributed by atoms with Gasteiger partial charge in [-0.15, -0.1) is 0 Å². The van der Waals surface area contributed by atoms with E-state index in [1.807, 2.05) is 0 Å². The lowest BCUT2D eigenvalue weighted by atomic mass is 10.2. The lowest BCUT2D eigenvalue weighted by Crippen LogP contribution is -2.48. The Hall–Kier alpha value is -2.59. The third kappa shape index (κ3) is 5.56. The normalized spacial score (nSPS) is 12.5. The Morgan fingerprint density at radius 1 is 1.42 bits per heavy atom. The average molecular weight is 349 g/mol. The molecule has 8 nitrogen and oxygen atoms in total. The Morgan fingerprint density at radius 3 is 2.54 bits per heavy atom. The van der Waals surface area contributed by atoms with Crippen molar-refractivity contribution in [2.75, 3.05) is 13.6 Å². The van der Waals surface area contributed by atoms with Gasteiger partial charge < -0.3 is 16.0 Å². The fourth-order valence-electron chi connectivity index (χ4n) is 1.97. The van der Waals surface area contributed by atoms with Crippen LogP contribution in [-0.4, -0.2) is 58.2 Å². The summed E-state index contributed by atoms with van der Waals surface area (Å²) in [6, 6.07) is 0.299. The number of likely N-dealkylation sites (N-methyl/N-ethyl adjacent to an activating group) is 1. The summed E-state index contributed by atoms with van der Waals surface area (Å²) in [6.45, 7) is -0.0882. The number of hydrogen-bond acceptors (Lipinski definition) is 4. The number of alkyl halides is 3. The zero-order valence-electron chi connectivity index (χ0n) is 13.1. The molecule has 0 saturated heterocycles. The fraction of sp³-hybridized carbons (Fsp3) is 0.538. The monoisotopic (exact) mass is 349 g/mol. The summed E-state index contributed by atoms with van der Waals surface area (Å²) in [5.41, 5.74) is 4.91. The number of halogens is 3. The summed E-state index contributed by atoms with van der Waals surface area (Å²) < 4.78 is 37.2. The van der Waals surface area contributed by atoms with Crippen LogP contribution in [0.15, 0.2) is 12.3 Å². The molecule has 0 bridgehead atoms. The van der Waals surface area contributed by atoms with Crippen molar-refractivity contribution in [2.45, 2.75) is 32.1 Å². The molecule has 1 unspecified atom stereocenters. The van der Waals surface area contributed by atoms with Gasteiger partial charge in [-0.1, -0.05) is 6.92 Å². The Morgan fingerprint density at radius 2 is 2.04 bits per heavy atom. The van der Waals surface area contributed by atoms with Gasteiger partial charge >= 0.3 is 6.18 Å². The van der Waals surface area contributed by atoms with Crippen molar-refractivity contribution >= 4 is 17.7 Å². The van der Waals surface area contributed by atoms with Crippen molar-refractivity contribution in [1.29, 1.82) is 0 Å². The van der Waals surface area contributed by atoms with Crippen molar-refractivity contribution in [3.8, 4) is 0 Å². The predicted octanol–water partition coefficient (Wildman–Crippen LogP) is -0.102. The molecule has 0 spiro atoms. The first kappa shape index (κ1) is 19.5. The Balaban J connectivity index is 2.60. The number of primary amides is 1. The number of hydrogen-bond donors (Lipinski definition) is 2. The van der Waals surface area contributed by atoms with Crippen LogP contribution in [-0.2, 0) is 16.1 Å². The minimum absolute atomic E-state index is 0.253. The van der Waals surface area contributed by atoms with Crippen LogP contribution in [0.2, 0.25) is 0 Å². The standard InChI is InChI=1S/C13H18F3N5O3/c1-3-9(11(17)23)20(2)10(22)6-18-12(24)8-4-5-21(19-8)7-13(14,15)16/h4-5,9H,3,6-7H2,1-2H3,(H2,17,23)(H,18,24). The van der Waals surface area contributed by atoms with Crippen molar-refractivity contribution in [3.05, 3.63) is 18.0 Å². The maximum Gasteiger partial charge on any atom is 0.408 e. The molecular weight excluding hydrogens is 331 g/mol.